The summed E-state index contributed by atoms with van der Waals surface area (Å²) in [6, 6.07) is 0.0922. The molecule has 0 bridgehead atoms. The van der Waals surface area contributed by atoms with Crippen molar-refractivity contribution in [2.45, 2.75) is 70.3 Å². The van der Waals surface area contributed by atoms with E-state index in [1.54, 1.807) is 0 Å². The molecule has 0 aromatic carbocycles. The number of rotatable bonds is 3. The molecule has 2 fully saturated rings. The van der Waals surface area contributed by atoms with Gasteiger partial charge in [0.1, 0.15) is 0 Å². The van der Waals surface area contributed by atoms with Gasteiger partial charge in [-0.2, -0.15) is 5.10 Å². The van der Waals surface area contributed by atoms with Crippen LogP contribution in [0, 0.1) is 5.92 Å². The minimum absolute atomic E-state index is 0.0250. The number of H-pyrrole nitrogens is 1. The van der Waals surface area contributed by atoms with Crippen molar-refractivity contribution in [2.24, 2.45) is 5.92 Å². The zero-order valence-electron chi connectivity index (χ0n) is 14.9. The fourth-order valence-electron chi connectivity index (χ4n) is 4.55. The minimum Gasteiger partial charge on any atom is -0.351 e. The second kappa shape index (κ2) is 7.18. The third-order valence-corrected chi connectivity index (χ3v) is 6.06. The molecule has 6 nitrogen and oxygen atoms in total. The molecule has 2 N–H and O–H groups in total. The standard InChI is InChI=1S/C19H28N4O2/c24-18(13-6-4-5-7-13)20-14-10-11-23(12-14)19(25)17-15-8-2-1-3-9-16(15)21-22-17/h13-14H,1-12H2,(H,20,24)(H,21,22)/t14-/m0/s1. The molecule has 4 rings (SSSR count). The predicted octanol–water partition coefficient (Wildman–Crippen LogP) is 2.20. The molecule has 6 heteroatoms. The summed E-state index contributed by atoms with van der Waals surface area (Å²) >= 11 is 0. The van der Waals surface area contributed by atoms with Crippen LogP contribution in [0.1, 0.15) is 73.1 Å². The Kier molecular flexibility index (Phi) is 4.77. The van der Waals surface area contributed by atoms with Crippen LogP contribution in [0.25, 0.3) is 0 Å². The maximum Gasteiger partial charge on any atom is 0.274 e. The van der Waals surface area contributed by atoms with Crippen molar-refractivity contribution in [1.29, 1.82) is 0 Å². The summed E-state index contributed by atoms with van der Waals surface area (Å²) in [5.74, 6) is 0.398. The van der Waals surface area contributed by atoms with E-state index in [0.717, 1.165) is 62.6 Å². The van der Waals surface area contributed by atoms with Gasteiger partial charge in [-0.15, -0.1) is 0 Å². The molecule has 2 heterocycles. The summed E-state index contributed by atoms with van der Waals surface area (Å²) in [5, 5.41) is 10.6. The number of hydrogen-bond acceptors (Lipinski definition) is 3. The Hall–Kier alpha value is -1.85. The summed E-state index contributed by atoms with van der Waals surface area (Å²) in [6.45, 7) is 1.31. The highest BCUT2D eigenvalue weighted by Crippen LogP contribution is 2.26. The van der Waals surface area contributed by atoms with E-state index in [1.165, 1.54) is 12.8 Å². The number of fused-ring (bicyclic) bond motifs is 1. The van der Waals surface area contributed by atoms with Gasteiger partial charge in [0.15, 0.2) is 5.69 Å². The molecule has 2 amide bonds. The van der Waals surface area contributed by atoms with Crippen LogP contribution in [0.4, 0.5) is 0 Å². The van der Waals surface area contributed by atoms with Gasteiger partial charge in [-0.1, -0.05) is 19.3 Å². The van der Waals surface area contributed by atoms with Gasteiger partial charge in [-0.25, -0.2) is 0 Å². The van der Waals surface area contributed by atoms with Crippen molar-refractivity contribution in [3.8, 4) is 0 Å². The van der Waals surface area contributed by atoms with Gasteiger partial charge in [-0.3, -0.25) is 14.7 Å². The number of aryl methyl sites for hydroxylation is 1. The zero-order valence-corrected chi connectivity index (χ0v) is 14.9. The van der Waals surface area contributed by atoms with Crippen molar-refractivity contribution in [2.75, 3.05) is 13.1 Å². The van der Waals surface area contributed by atoms with E-state index in [2.05, 4.69) is 15.5 Å². The molecule has 1 atom stereocenters. The maximum atomic E-state index is 12.9. The van der Waals surface area contributed by atoms with Gasteiger partial charge in [0.05, 0.1) is 0 Å². The molecule has 1 aromatic heterocycles. The van der Waals surface area contributed by atoms with Crippen molar-refractivity contribution in [3.05, 3.63) is 17.0 Å². The predicted molar refractivity (Wildman–Crippen MR) is 94.3 cm³/mol. The van der Waals surface area contributed by atoms with Crippen molar-refractivity contribution < 1.29 is 9.59 Å². The second-order valence-corrected chi connectivity index (χ2v) is 7.82. The summed E-state index contributed by atoms with van der Waals surface area (Å²) in [5.41, 5.74) is 2.88. The first kappa shape index (κ1) is 16.6. The summed E-state index contributed by atoms with van der Waals surface area (Å²) < 4.78 is 0. The van der Waals surface area contributed by atoms with Crippen molar-refractivity contribution in [3.63, 3.8) is 0 Å². The smallest absolute Gasteiger partial charge is 0.274 e. The Bertz CT molecular complexity index is 648. The van der Waals surface area contributed by atoms with Crippen LogP contribution in [-0.2, 0) is 17.6 Å². The largest absolute Gasteiger partial charge is 0.351 e. The quantitative estimate of drug-likeness (QED) is 0.825. The lowest BCUT2D eigenvalue weighted by Gasteiger charge is -2.18. The first-order chi connectivity index (χ1) is 12.2. The highest BCUT2D eigenvalue weighted by molar-refractivity contribution is 5.94. The number of nitrogens with one attached hydrogen (secondary N) is 2. The number of carbonyl (C=O) groups excluding carboxylic acids is 2. The number of amides is 2. The maximum absolute atomic E-state index is 12.9. The third kappa shape index (κ3) is 3.44. The first-order valence-corrected chi connectivity index (χ1v) is 9.88. The molecule has 1 saturated carbocycles. The van der Waals surface area contributed by atoms with Gasteiger partial charge in [0, 0.05) is 36.3 Å². The molecule has 1 saturated heterocycles. The van der Waals surface area contributed by atoms with Gasteiger partial charge in [0.25, 0.3) is 5.91 Å². The van der Waals surface area contributed by atoms with E-state index in [0.29, 0.717) is 18.8 Å². The van der Waals surface area contributed by atoms with E-state index in [1.807, 2.05) is 4.90 Å². The van der Waals surface area contributed by atoms with Crippen LogP contribution in [0.2, 0.25) is 0 Å². The monoisotopic (exact) mass is 344 g/mol. The van der Waals surface area contributed by atoms with E-state index in [9.17, 15) is 9.59 Å². The Balaban J connectivity index is 1.37. The Labute approximate surface area is 148 Å². The molecule has 25 heavy (non-hydrogen) atoms. The van der Waals surface area contributed by atoms with Gasteiger partial charge < -0.3 is 10.2 Å². The number of aromatic nitrogens is 2. The Morgan fingerprint density at radius 1 is 1.04 bits per heavy atom. The minimum atomic E-state index is 0.0250. The topological polar surface area (TPSA) is 78.1 Å². The van der Waals surface area contributed by atoms with E-state index in [-0.39, 0.29) is 23.8 Å². The number of hydrogen-bond donors (Lipinski definition) is 2. The van der Waals surface area contributed by atoms with Crippen LogP contribution >= 0.6 is 0 Å². The summed E-state index contributed by atoms with van der Waals surface area (Å²) in [6.07, 6.45) is 10.7. The zero-order chi connectivity index (χ0) is 17.2. The fraction of sp³-hybridized carbons (Fsp3) is 0.737. The average Bonchev–Trinajstić information content (AvgIpc) is 3.33. The number of aromatic amines is 1. The fourth-order valence-corrected chi connectivity index (χ4v) is 4.55. The molecule has 0 unspecified atom stereocenters. The molecule has 1 aliphatic heterocycles. The molecule has 0 spiro atoms. The molecular weight excluding hydrogens is 316 g/mol. The molecule has 136 valence electrons. The van der Waals surface area contributed by atoms with Crippen LogP contribution < -0.4 is 5.32 Å². The van der Waals surface area contributed by atoms with Gasteiger partial charge >= 0.3 is 0 Å². The van der Waals surface area contributed by atoms with Crippen molar-refractivity contribution in [1.82, 2.24) is 20.4 Å². The summed E-state index contributed by atoms with van der Waals surface area (Å²) in [7, 11) is 0. The average molecular weight is 344 g/mol. The number of nitrogens with zero attached hydrogens (tertiary/aromatic N) is 2. The first-order valence-electron chi connectivity index (χ1n) is 9.88. The van der Waals surface area contributed by atoms with Crippen molar-refractivity contribution >= 4 is 11.8 Å². The Morgan fingerprint density at radius 2 is 1.84 bits per heavy atom. The number of carbonyl (C=O) groups is 2. The molecule has 3 aliphatic rings. The SMILES string of the molecule is O=C(N[C@H]1CCN(C(=O)c2n[nH]c3c2CCCCC3)C1)C1CCCC1. The molecule has 2 aliphatic carbocycles. The highest BCUT2D eigenvalue weighted by Gasteiger charge is 2.33. The van der Waals surface area contributed by atoms with E-state index >= 15 is 0 Å². The van der Waals surface area contributed by atoms with Gasteiger partial charge in [0.2, 0.25) is 5.91 Å². The molecule has 1 aromatic rings. The van der Waals surface area contributed by atoms with Crippen LogP contribution in [0.15, 0.2) is 0 Å². The van der Waals surface area contributed by atoms with E-state index < -0.39 is 0 Å². The lowest BCUT2D eigenvalue weighted by atomic mass is 10.1. The lowest BCUT2D eigenvalue weighted by Crippen LogP contribution is -2.41. The third-order valence-electron chi connectivity index (χ3n) is 6.06. The molecule has 0 radical (unpaired) electrons. The molecular formula is C19H28N4O2. The van der Waals surface area contributed by atoms with Crippen LogP contribution in [0.3, 0.4) is 0 Å². The van der Waals surface area contributed by atoms with Gasteiger partial charge in [-0.05, 0) is 44.9 Å². The van der Waals surface area contributed by atoms with E-state index in [4.69, 9.17) is 0 Å². The normalized spacial score (nSPS) is 24.2. The Morgan fingerprint density at radius 3 is 2.68 bits per heavy atom. The highest BCUT2D eigenvalue weighted by atomic mass is 16.2. The van der Waals surface area contributed by atoms with Crippen LogP contribution in [-0.4, -0.2) is 46.0 Å². The summed E-state index contributed by atoms with van der Waals surface area (Å²) in [4.78, 5) is 27.1. The van der Waals surface area contributed by atoms with Crippen LogP contribution in [0.5, 0.6) is 0 Å². The lowest BCUT2D eigenvalue weighted by molar-refractivity contribution is -0.125. The number of likely N-dealkylation sites (tertiary alicyclic amines) is 1. The second-order valence-electron chi connectivity index (χ2n) is 7.82.